The number of carbonyl (C=O) groups is 1. The van der Waals surface area contributed by atoms with E-state index in [9.17, 15) is 18.3 Å². The summed E-state index contributed by atoms with van der Waals surface area (Å²) in [5.41, 5.74) is 1.81. The number of carboxylic acids is 1. The molecule has 0 aromatic heterocycles. The lowest BCUT2D eigenvalue weighted by molar-refractivity contribution is -0.140. The monoisotopic (exact) mass is 399 g/mol. The van der Waals surface area contributed by atoms with Crippen LogP contribution in [0.2, 0.25) is 0 Å². The molecule has 0 heterocycles. The average molecular weight is 399 g/mol. The van der Waals surface area contributed by atoms with Gasteiger partial charge in [0.2, 0.25) is 10.0 Å². The molecule has 3 aromatic carbocycles. The summed E-state index contributed by atoms with van der Waals surface area (Å²) >= 11 is 0. The lowest BCUT2D eigenvalue weighted by Gasteiger charge is -2.16. The minimum absolute atomic E-state index is 0.0445. The van der Waals surface area contributed by atoms with Gasteiger partial charge in [0.15, 0.2) is 0 Å². The van der Waals surface area contributed by atoms with Gasteiger partial charge in [-0.3, -0.25) is 4.79 Å². The van der Waals surface area contributed by atoms with E-state index in [1.54, 1.807) is 18.2 Å². The molecule has 1 atom stereocenters. The number of hydrogen-bond acceptors (Lipinski definition) is 4. The van der Waals surface area contributed by atoms with Gasteiger partial charge in [0.05, 0.1) is 18.1 Å². The van der Waals surface area contributed by atoms with Crippen molar-refractivity contribution in [3.8, 4) is 0 Å². The minimum atomic E-state index is -4.05. The van der Waals surface area contributed by atoms with Gasteiger partial charge in [-0.05, 0) is 29.5 Å². The second-order valence-corrected chi connectivity index (χ2v) is 8.12. The minimum Gasteiger partial charge on any atom is -0.480 e. The number of ether oxygens (including phenoxy) is 1. The standard InChI is InChI=1S/C21H21NO5S/c1-15-11-12-20(18-10-6-5-9-17(15)18)28(25,26)22-19(21(23)24)14-27-13-16-7-3-2-4-8-16/h2-12,19,22H,13-14H2,1H3,(H,23,24). The van der Waals surface area contributed by atoms with Gasteiger partial charge in [-0.25, -0.2) is 8.42 Å². The predicted octanol–water partition coefficient (Wildman–Crippen LogP) is 3.10. The van der Waals surface area contributed by atoms with Gasteiger partial charge in [-0.1, -0.05) is 60.7 Å². The first-order valence-corrected chi connectivity index (χ1v) is 10.2. The summed E-state index contributed by atoms with van der Waals surface area (Å²) in [6.45, 7) is 1.80. The van der Waals surface area contributed by atoms with E-state index < -0.39 is 22.0 Å². The maximum absolute atomic E-state index is 12.9. The Hall–Kier alpha value is -2.74. The Labute approximate surface area is 163 Å². The highest BCUT2D eigenvalue weighted by Crippen LogP contribution is 2.25. The van der Waals surface area contributed by atoms with Crippen LogP contribution in [0.4, 0.5) is 0 Å². The second kappa shape index (κ2) is 8.52. The number of nitrogens with one attached hydrogen (secondary N) is 1. The highest BCUT2D eigenvalue weighted by molar-refractivity contribution is 7.89. The summed E-state index contributed by atoms with van der Waals surface area (Å²) in [7, 11) is -4.05. The molecule has 7 heteroatoms. The molecule has 2 N–H and O–H groups in total. The van der Waals surface area contributed by atoms with E-state index in [0.29, 0.717) is 5.39 Å². The van der Waals surface area contributed by atoms with Crippen molar-refractivity contribution < 1.29 is 23.1 Å². The van der Waals surface area contributed by atoms with Crippen LogP contribution in [0.5, 0.6) is 0 Å². The van der Waals surface area contributed by atoms with Crippen LogP contribution in [-0.2, 0) is 26.2 Å². The summed E-state index contributed by atoms with van der Waals surface area (Å²) in [5, 5.41) is 10.8. The van der Waals surface area contributed by atoms with Crippen molar-refractivity contribution in [1.29, 1.82) is 0 Å². The number of sulfonamides is 1. The van der Waals surface area contributed by atoms with Crippen LogP contribution in [0, 0.1) is 6.92 Å². The van der Waals surface area contributed by atoms with E-state index in [4.69, 9.17) is 4.74 Å². The number of hydrogen-bond donors (Lipinski definition) is 2. The van der Waals surface area contributed by atoms with E-state index in [-0.39, 0.29) is 18.1 Å². The molecule has 3 rings (SSSR count). The molecular weight excluding hydrogens is 378 g/mol. The molecule has 0 saturated carbocycles. The van der Waals surface area contributed by atoms with Gasteiger partial charge in [-0.2, -0.15) is 4.72 Å². The van der Waals surface area contributed by atoms with E-state index in [1.165, 1.54) is 6.07 Å². The molecule has 0 fully saturated rings. The second-order valence-electron chi connectivity index (χ2n) is 6.44. The molecule has 0 spiro atoms. The van der Waals surface area contributed by atoms with Gasteiger partial charge in [0, 0.05) is 5.39 Å². The Morgan fingerprint density at radius 2 is 1.64 bits per heavy atom. The third-order valence-electron chi connectivity index (χ3n) is 4.38. The summed E-state index contributed by atoms with van der Waals surface area (Å²) < 4.78 is 33.4. The third-order valence-corrected chi connectivity index (χ3v) is 5.91. The van der Waals surface area contributed by atoms with Crippen LogP contribution in [0.25, 0.3) is 10.8 Å². The van der Waals surface area contributed by atoms with E-state index >= 15 is 0 Å². The van der Waals surface area contributed by atoms with Crippen LogP contribution >= 0.6 is 0 Å². The summed E-state index contributed by atoms with van der Waals surface area (Å²) in [6.07, 6.45) is 0. The number of aryl methyl sites for hydroxylation is 1. The Kier molecular flexibility index (Phi) is 6.08. The zero-order chi connectivity index (χ0) is 20.1. The normalized spacial score (nSPS) is 12.8. The Bertz CT molecular complexity index is 1080. The van der Waals surface area contributed by atoms with E-state index in [1.807, 2.05) is 49.4 Å². The fourth-order valence-electron chi connectivity index (χ4n) is 2.93. The van der Waals surface area contributed by atoms with Crippen molar-refractivity contribution in [2.24, 2.45) is 0 Å². The van der Waals surface area contributed by atoms with E-state index in [2.05, 4.69) is 4.72 Å². The first-order valence-electron chi connectivity index (χ1n) is 8.73. The van der Waals surface area contributed by atoms with Crippen LogP contribution in [0.3, 0.4) is 0 Å². The molecule has 3 aromatic rings. The third kappa shape index (κ3) is 4.56. The van der Waals surface area contributed by atoms with Gasteiger partial charge < -0.3 is 9.84 Å². The zero-order valence-electron chi connectivity index (χ0n) is 15.3. The lowest BCUT2D eigenvalue weighted by atomic mass is 10.1. The highest BCUT2D eigenvalue weighted by Gasteiger charge is 2.27. The Balaban J connectivity index is 1.79. The largest absolute Gasteiger partial charge is 0.480 e. The Morgan fingerprint density at radius 1 is 1.00 bits per heavy atom. The Morgan fingerprint density at radius 3 is 2.32 bits per heavy atom. The highest BCUT2D eigenvalue weighted by atomic mass is 32.2. The fourth-order valence-corrected chi connectivity index (χ4v) is 4.32. The SMILES string of the molecule is Cc1ccc(S(=O)(=O)NC(COCc2ccccc2)C(=O)O)c2ccccc12. The van der Waals surface area contributed by atoms with Crippen molar-refractivity contribution in [2.75, 3.05) is 6.61 Å². The summed E-state index contributed by atoms with van der Waals surface area (Å²) in [4.78, 5) is 11.6. The number of carboxylic acid groups (broad SMARTS) is 1. The molecule has 0 saturated heterocycles. The number of fused-ring (bicyclic) bond motifs is 1. The van der Waals surface area contributed by atoms with Crippen molar-refractivity contribution in [2.45, 2.75) is 24.5 Å². The molecule has 0 aliphatic carbocycles. The van der Waals surface area contributed by atoms with Gasteiger partial charge >= 0.3 is 5.97 Å². The molecule has 0 amide bonds. The molecule has 0 radical (unpaired) electrons. The average Bonchev–Trinajstić information content (AvgIpc) is 2.68. The lowest BCUT2D eigenvalue weighted by Crippen LogP contribution is -2.43. The molecular formula is C21H21NO5S. The first-order chi connectivity index (χ1) is 13.4. The maximum atomic E-state index is 12.9. The number of rotatable bonds is 8. The molecule has 0 aliphatic heterocycles. The van der Waals surface area contributed by atoms with Crippen LogP contribution < -0.4 is 4.72 Å². The zero-order valence-corrected chi connectivity index (χ0v) is 16.1. The van der Waals surface area contributed by atoms with Crippen molar-refractivity contribution in [1.82, 2.24) is 4.72 Å². The molecule has 0 aliphatic rings. The molecule has 28 heavy (non-hydrogen) atoms. The van der Waals surface area contributed by atoms with Gasteiger partial charge in [-0.15, -0.1) is 0 Å². The first kappa shape index (κ1) is 20.0. The summed E-state index contributed by atoms with van der Waals surface area (Å²) in [6, 6.07) is 18.2. The van der Waals surface area contributed by atoms with Crippen LogP contribution in [0.15, 0.2) is 71.6 Å². The molecule has 6 nitrogen and oxygen atoms in total. The predicted molar refractivity (Wildman–Crippen MR) is 107 cm³/mol. The number of benzene rings is 3. The van der Waals surface area contributed by atoms with E-state index in [0.717, 1.165) is 16.5 Å². The topological polar surface area (TPSA) is 92.7 Å². The van der Waals surface area contributed by atoms with Crippen molar-refractivity contribution in [3.05, 3.63) is 77.9 Å². The molecule has 146 valence electrons. The van der Waals surface area contributed by atoms with Gasteiger partial charge in [0.25, 0.3) is 0 Å². The van der Waals surface area contributed by atoms with Crippen LogP contribution in [-0.4, -0.2) is 32.1 Å². The number of aliphatic carboxylic acids is 1. The maximum Gasteiger partial charge on any atom is 0.324 e. The van der Waals surface area contributed by atoms with Crippen molar-refractivity contribution >= 4 is 26.8 Å². The van der Waals surface area contributed by atoms with Crippen molar-refractivity contribution in [3.63, 3.8) is 0 Å². The molecule has 1 unspecified atom stereocenters. The van der Waals surface area contributed by atoms with Gasteiger partial charge in [0.1, 0.15) is 6.04 Å². The smallest absolute Gasteiger partial charge is 0.324 e. The summed E-state index contributed by atoms with van der Waals surface area (Å²) in [5.74, 6) is -1.30. The van der Waals surface area contributed by atoms with Crippen LogP contribution in [0.1, 0.15) is 11.1 Å². The molecule has 0 bridgehead atoms. The fraction of sp³-hybridized carbons (Fsp3) is 0.190. The quantitative estimate of drug-likeness (QED) is 0.607.